The number of benzene rings is 1. The van der Waals surface area contributed by atoms with Gasteiger partial charge in [0, 0.05) is 16.8 Å². The van der Waals surface area contributed by atoms with Crippen LogP contribution in [0.5, 0.6) is 0 Å². The molecule has 1 unspecified atom stereocenters. The number of allylic oxidation sites excluding steroid dienone is 1. The molecule has 4 nitrogen and oxygen atoms in total. The Kier molecular flexibility index (Phi) is 2.55. The maximum Gasteiger partial charge on any atom is 0.323 e. The van der Waals surface area contributed by atoms with Gasteiger partial charge in [0.15, 0.2) is 5.78 Å². The molecule has 1 atom stereocenters. The zero-order valence-electron chi connectivity index (χ0n) is 12.2. The molecule has 3 rings (SSSR count). The maximum absolute atomic E-state index is 12.5. The van der Waals surface area contributed by atoms with Crippen molar-refractivity contribution in [3.8, 4) is 0 Å². The fraction of sp³-hybridized carbons (Fsp3) is 0.375. The van der Waals surface area contributed by atoms with Crippen LogP contribution < -0.4 is 5.32 Å². The highest BCUT2D eigenvalue weighted by Crippen LogP contribution is 2.44. The molecule has 1 N–H and O–H groups in total. The maximum atomic E-state index is 12.5. The van der Waals surface area contributed by atoms with Crippen LogP contribution in [0.25, 0.3) is 5.57 Å². The fourth-order valence-corrected chi connectivity index (χ4v) is 3.07. The van der Waals surface area contributed by atoms with E-state index in [-0.39, 0.29) is 11.8 Å². The first kappa shape index (κ1) is 12.9. The lowest BCUT2D eigenvalue weighted by atomic mass is 9.82. The Morgan fingerprint density at radius 3 is 2.55 bits per heavy atom. The van der Waals surface area contributed by atoms with Gasteiger partial charge in [-0.25, -0.2) is 4.79 Å². The first-order valence-electron chi connectivity index (χ1n) is 6.76. The van der Waals surface area contributed by atoms with Crippen LogP contribution >= 0.6 is 0 Å². The van der Waals surface area contributed by atoms with Gasteiger partial charge in [0.05, 0.1) is 0 Å². The van der Waals surface area contributed by atoms with E-state index >= 15 is 0 Å². The van der Waals surface area contributed by atoms with Gasteiger partial charge in [0.25, 0.3) is 0 Å². The molecular weight excluding hydrogens is 252 g/mol. The largest absolute Gasteiger partial charge is 0.323 e. The smallest absolute Gasteiger partial charge is 0.307 e. The minimum Gasteiger partial charge on any atom is -0.307 e. The van der Waals surface area contributed by atoms with Gasteiger partial charge >= 0.3 is 6.03 Å². The zero-order valence-corrected chi connectivity index (χ0v) is 12.2. The quantitative estimate of drug-likeness (QED) is 0.785. The Morgan fingerprint density at radius 1 is 1.20 bits per heavy atom. The molecule has 0 saturated heterocycles. The summed E-state index contributed by atoms with van der Waals surface area (Å²) in [5.41, 5.74) is 3.24. The minimum atomic E-state index is -0.515. The summed E-state index contributed by atoms with van der Waals surface area (Å²) in [6.45, 7) is 7.76. The van der Waals surface area contributed by atoms with Crippen LogP contribution in [0, 0.1) is 0 Å². The molecule has 1 aliphatic heterocycles. The number of amides is 2. The second-order valence-electron chi connectivity index (χ2n) is 6.37. The number of carbonyl (C=O) groups is 2. The van der Waals surface area contributed by atoms with Crippen molar-refractivity contribution >= 4 is 23.1 Å². The molecule has 1 aliphatic carbocycles. The van der Waals surface area contributed by atoms with E-state index in [1.54, 1.807) is 11.0 Å². The van der Waals surface area contributed by atoms with Gasteiger partial charge in [-0.2, -0.15) is 0 Å². The van der Waals surface area contributed by atoms with E-state index < -0.39 is 11.6 Å². The monoisotopic (exact) mass is 270 g/mol. The molecule has 2 amide bonds. The summed E-state index contributed by atoms with van der Waals surface area (Å²) < 4.78 is 0. The average molecular weight is 270 g/mol. The van der Waals surface area contributed by atoms with Gasteiger partial charge in [0.1, 0.15) is 6.04 Å². The van der Waals surface area contributed by atoms with Crippen LogP contribution in [0.2, 0.25) is 0 Å². The summed E-state index contributed by atoms with van der Waals surface area (Å²) in [6.07, 6.45) is 1.65. The predicted molar refractivity (Wildman–Crippen MR) is 78.5 cm³/mol. The molecule has 0 saturated carbocycles. The lowest BCUT2D eigenvalue weighted by Gasteiger charge is -2.45. The van der Waals surface area contributed by atoms with Crippen molar-refractivity contribution in [1.82, 2.24) is 4.90 Å². The number of hydrogen-bond acceptors (Lipinski definition) is 2. The summed E-state index contributed by atoms with van der Waals surface area (Å²) >= 11 is 0. The molecule has 2 aliphatic rings. The van der Waals surface area contributed by atoms with E-state index in [1.807, 2.05) is 45.9 Å². The molecule has 1 heterocycles. The Hall–Kier alpha value is -2.10. The van der Waals surface area contributed by atoms with Gasteiger partial charge in [-0.1, -0.05) is 12.1 Å². The van der Waals surface area contributed by atoms with Gasteiger partial charge in [-0.3, -0.25) is 4.79 Å². The van der Waals surface area contributed by atoms with Crippen LogP contribution in [0.1, 0.15) is 44.9 Å². The Labute approximate surface area is 118 Å². The number of nitrogens with one attached hydrogen (secondary N) is 1. The van der Waals surface area contributed by atoms with Crippen LogP contribution in [0.15, 0.2) is 24.3 Å². The molecule has 0 fully saturated rings. The average Bonchev–Trinajstić information content (AvgIpc) is 2.33. The van der Waals surface area contributed by atoms with Gasteiger partial charge in [-0.05, 0) is 51.0 Å². The Morgan fingerprint density at radius 2 is 1.90 bits per heavy atom. The van der Waals surface area contributed by atoms with Gasteiger partial charge in [-0.15, -0.1) is 0 Å². The van der Waals surface area contributed by atoms with Crippen LogP contribution in [-0.4, -0.2) is 22.3 Å². The topological polar surface area (TPSA) is 49.4 Å². The first-order chi connectivity index (χ1) is 9.30. The Bertz CT molecular complexity index is 653. The number of nitrogens with zero attached hydrogens (tertiary/aromatic N) is 1. The molecule has 104 valence electrons. The second-order valence-corrected chi connectivity index (χ2v) is 6.37. The summed E-state index contributed by atoms with van der Waals surface area (Å²) in [4.78, 5) is 26.5. The van der Waals surface area contributed by atoms with E-state index in [4.69, 9.17) is 0 Å². The Balaban J connectivity index is 2.28. The standard InChI is InChI=1S/C16H18N2O2/c1-9-8-12(19)14-13-10(9)6-5-7-11(13)17-15(20)18(14)16(2,3)4/h5-8,14H,1-4H3,(H,17,20). The number of urea groups is 1. The van der Waals surface area contributed by atoms with Gasteiger partial charge in [0.2, 0.25) is 0 Å². The van der Waals surface area contributed by atoms with Crippen molar-refractivity contribution in [3.05, 3.63) is 35.4 Å². The first-order valence-corrected chi connectivity index (χ1v) is 6.76. The lowest BCUT2D eigenvalue weighted by Crippen LogP contribution is -2.54. The molecule has 0 bridgehead atoms. The summed E-state index contributed by atoms with van der Waals surface area (Å²) in [5.74, 6) is -0.0211. The van der Waals surface area contributed by atoms with Crippen LogP contribution in [0.3, 0.4) is 0 Å². The second kappa shape index (κ2) is 3.95. The number of ketones is 1. The van der Waals surface area contributed by atoms with E-state index in [0.717, 1.165) is 22.4 Å². The fourth-order valence-electron chi connectivity index (χ4n) is 3.07. The van der Waals surface area contributed by atoms with Crippen molar-refractivity contribution in [2.45, 2.75) is 39.3 Å². The molecule has 1 aromatic carbocycles. The molecule has 0 aromatic heterocycles. The van der Waals surface area contributed by atoms with Gasteiger partial charge < -0.3 is 10.2 Å². The van der Waals surface area contributed by atoms with Crippen molar-refractivity contribution < 1.29 is 9.59 Å². The van der Waals surface area contributed by atoms with Crippen molar-refractivity contribution in [1.29, 1.82) is 0 Å². The summed E-state index contributed by atoms with van der Waals surface area (Å²) in [6, 6.07) is 5.04. The molecule has 0 spiro atoms. The van der Waals surface area contributed by atoms with E-state index in [0.29, 0.717) is 0 Å². The SMILES string of the molecule is CC1=CC(=O)C2c3c(cccc31)NC(=O)N2C(C)(C)C. The molecule has 4 heteroatoms. The number of hydrogen-bond donors (Lipinski definition) is 1. The van der Waals surface area contributed by atoms with Crippen LogP contribution in [0.4, 0.5) is 10.5 Å². The summed E-state index contributed by atoms with van der Waals surface area (Å²) in [7, 11) is 0. The summed E-state index contributed by atoms with van der Waals surface area (Å²) in [5, 5.41) is 2.90. The molecule has 0 radical (unpaired) electrons. The third-order valence-corrected chi connectivity index (χ3v) is 3.87. The number of rotatable bonds is 0. The predicted octanol–water partition coefficient (Wildman–Crippen LogP) is 3.36. The highest BCUT2D eigenvalue weighted by Gasteiger charge is 2.44. The lowest BCUT2D eigenvalue weighted by molar-refractivity contribution is -0.120. The number of anilines is 1. The van der Waals surface area contributed by atoms with Crippen LogP contribution in [-0.2, 0) is 4.79 Å². The van der Waals surface area contributed by atoms with Crippen molar-refractivity contribution in [3.63, 3.8) is 0 Å². The van der Waals surface area contributed by atoms with E-state index in [9.17, 15) is 9.59 Å². The van der Waals surface area contributed by atoms with Crippen molar-refractivity contribution in [2.75, 3.05) is 5.32 Å². The third kappa shape index (κ3) is 1.68. The number of carbonyl (C=O) groups excluding carboxylic acids is 2. The normalized spacial score (nSPS) is 21.3. The third-order valence-electron chi connectivity index (χ3n) is 3.87. The van der Waals surface area contributed by atoms with E-state index in [2.05, 4.69) is 5.32 Å². The minimum absolute atomic E-state index is 0.0211. The van der Waals surface area contributed by atoms with E-state index in [1.165, 1.54) is 0 Å². The zero-order chi connectivity index (χ0) is 14.7. The molecule has 1 aromatic rings. The molecule has 20 heavy (non-hydrogen) atoms. The molecular formula is C16H18N2O2. The highest BCUT2D eigenvalue weighted by atomic mass is 16.2. The van der Waals surface area contributed by atoms with Crippen molar-refractivity contribution in [2.24, 2.45) is 0 Å². The highest BCUT2D eigenvalue weighted by molar-refractivity contribution is 6.10.